The molecule has 2 aromatic carbocycles. The Labute approximate surface area is 158 Å². The van der Waals surface area contributed by atoms with E-state index in [1.807, 2.05) is 36.4 Å². The maximum atomic E-state index is 11.4. The summed E-state index contributed by atoms with van der Waals surface area (Å²) in [5.74, 6) is 0.369. The van der Waals surface area contributed by atoms with Crippen molar-refractivity contribution in [3.8, 4) is 11.1 Å². The van der Waals surface area contributed by atoms with Gasteiger partial charge in [-0.05, 0) is 42.9 Å². The lowest BCUT2D eigenvalue weighted by atomic mass is 10.0. The van der Waals surface area contributed by atoms with Gasteiger partial charge < -0.3 is 21.5 Å². The van der Waals surface area contributed by atoms with Crippen molar-refractivity contribution in [2.24, 2.45) is 5.92 Å². The maximum absolute atomic E-state index is 11.4. The smallest absolute Gasteiger partial charge is 0.248 e. The van der Waals surface area contributed by atoms with Crippen LogP contribution in [0.1, 0.15) is 25.3 Å². The number of nitrogens with one attached hydrogen (secondary N) is 2. The average Bonchev–Trinajstić information content (AvgIpc) is 3.46. The zero-order chi connectivity index (χ0) is 18.7. The van der Waals surface area contributed by atoms with Crippen LogP contribution in [0.4, 0.5) is 11.4 Å². The number of aliphatic hydroxyl groups excluding tert-OH is 1. The molecule has 0 aromatic heterocycles. The fraction of sp³-hybridized carbons (Fsp3) is 0.350. The van der Waals surface area contributed by atoms with Crippen LogP contribution in [-0.2, 0) is 11.3 Å². The van der Waals surface area contributed by atoms with E-state index < -0.39 is 6.10 Å². The standard InChI is InChI=1S/C20H24ClN3O2/c1-12(25)20(26)24-11-14-4-6-15(7-5-14)16-8-9-17(19(22)18(16)21)23-10-13-2-3-13/h4-9,12-13,23,25H,2-3,10-11,22H2,1H3,(H,24,26). The molecule has 1 saturated carbocycles. The zero-order valence-corrected chi connectivity index (χ0v) is 15.5. The first-order chi connectivity index (χ1) is 12.5. The number of hydrogen-bond donors (Lipinski definition) is 4. The van der Waals surface area contributed by atoms with Gasteiger partial charge in [0, 0.05) is 18.7 Å². The van der Waals surface area contributed by atoms with E-state index in [0.717, 1.165) is 34.8 Å². The minimum atomic E-state index is -1.01. The number of benzene rings is 2. The normalized spacial score (nSPS) is 14.7. The fourth-order valence-electron chi connectivity index (χ4n) is 2.69. The molecule has 0 spiro atoms. The largest absolute Gasteiger partial charge is 0.396 e. The van der Waals surface area contributed by atoms with E-state index in [-0.39, 0.29) is 5.91 Å². The van der Waals surface area contributed by atoms with E-state index in [4.69, 9.17) is 17.3 Å². The summed E-state index contributed by atoms with van der Waals surface area (Å²) in [4.78, 5) is 11.4. The van der Waals surface area contributed by atoms with Gasteiger partial charge in [-0.3, -0.25) is 4.79 Å². The summed E-state index contributed by atoms with van der Waals surface area (Å²) in [6.45, 7) is 2.74. The van der Waals surface area contributed by atoms with E-state index >= 15 is 0 Å². The number of amides is 1. The predicted octanol–water partition coefficient (Wildman–Crippen LogP) is 3.41. The van der Waals surface area contributed by atoms with Crippen molar-refractivity contribution in [3.05, 3.63) is 47.0 Å². The Morgan fingerprint density at radius 2 is 1.96 bits per heavy atom. The van der Waals surface area contributed by atoms with Crippen LogP contribution < -0.4 is 16.4 Å². The molecule has 1 fully saturated rings. The Morgan fingerprint density at radius 1 is 1.27 bits per heavy atom. The van der Waals surface area contributed by atoms with Crippen LogP contribution in [0.2, 0.25) is 5.02 Å². The van der Waals surface area contributed by atoms with Crippen LogP contribution in [0.5, 0.6) is 0 Å². The molecule has 0 radical (unpaired) electrons. The van der Waals surface area contributed by atoms with Crippen molar-refractivity contribution >= 4 is 28.9 Å². The third kappa shape index (κ3) is 4.48. The van der Waals surface area contributed by atoms with Gasteiger partial charge in [0.05, 0.1) is 16.4 Å². The molecule has 0 saturated heterocycles. The van der Waals surface area contributed by atoms with Crippen LogP contribution in [0.15, 0.2) is 36.4 Å². The maximum Gasteiger partial charge on any atom is 0.248 e. The van der Waals surface area contributed by atoms with Gasteiger partial charge in [0.2, 0.25) is 5.91 Å². The molecular weight excluding hydrogens is 350 g/mol. The summed E-state index contributed by atoms with van der Waals surface area (Å²) in [5, 5.41) is 15.8. The van der Waals surface area contributed by atoms with Crippen molar-refractivity contribution in [2.75, 3.05) is 17.6 Å². The summed E-state index contributed by atoms with van der Waals surface area (Å²) in [7, 11) is 0. The van der Waals surface area contributed by atoms with E-state index in [9.17, 15) is 9.90 Å². The van der Waals surface area contributed by atoms with Crippen LogP contribution in [-0.4, -0.2) is 23.7 Å². The number of hydrogen-bond acceptors (Lipinski definition) is 4. The molecule has 26 heavy (non-hydrogen) atoms. The minimum Gasteiger partial charge on any atom is -0.396 e. The van der Waals surface area contributed by atoms with Gasteiger partial charge in [0.25, 0.3) is 0 Å². The van der Waals surface area contributed by atoms with E-state index in [1.165, 1.54) is 19.8 Å². The van der Waals surface area contributed by atoms with Crippen molar-refractivity contribution in [2.45, 2.75) is 32.4 Å². The molecule has 3 rings (SSSR count). The molecule has 1 unspecified atom stereocenters. The second-order valence-corrected chi connectivity index (χ2v) is 7.18. The van der Waals surface area contributed by atoms with Gasteiger partial charge in [0.1, 0.15) is 6.10 Å². The van der Waals surface area contributed by atoms with Gasteiger partial charge in [-0.2, -0.15) is 0 Å². The number of aliphatic hydroxyl groups is 1. The number of anilines is 2. The van der Waals surface area contributed by atoms with Crippen LogP contribution in [0.25, 0.3) is 11.1 Å². The highest BCUT2D eigenvalue weighted by Gasteiger charge is 2.21. The molecule has 0 aliphatic heterocycles. The number of carbonyl (C=O) groups is 1. The number of halogens is 1. The van der Waals surface area contributed by atoms with Crippen molar-refractivity contribution in [3.63, 3.8) is 0 Å². The van der Waals surface area contributed by atoms with Crippen molar-refractivity contribution < 1.29 is 9.90 Å². The molecule has 5 nitrogen and oxygen atoms in total. The summed E-state index contributed by atoms with van der Waals surface area (Å²) in [6.07, 6.45) is 1.55. The second kappa shape index (κ2) is 7.98. The van der Waals surface area contributed by atoms with Gasteiger partial charge in [-0.25, -0.2) is 0 Å². The van der Waals surface area contributed by atoms with E-state index in [0.29, 0.717) is 17.3 Å². The first kappa shape index (κ1) is 18.5. The molecule has 1 atom stereocenters. The molecule has 1 amide bonds. The summed E-state index contributed by atoms with van der Waals surface area (Å²) in [6, 6.07) is 11.7. The molecule has 1 aliphatic rings. The molecule has 0 heterocycles. The molecule has 0 bridgehead atoms. The average molecular weight is 374 g/mol. The molecule has 1 aliphatic carbocycles. The Balaban J connectivity index is 1.70. The molecule has 138 valence electrons. The highest BCUT2D eigenvalue weighted by molar-refractivity contribution is 6.36. The van der Waals surface area contributed by atoms with E-state index in [1.54, 1.807) is 0 Å². The molecule has 2 aromatic rings. The highest BCUT2D eigenvalue weighted by atomic mass is 35.5. The third-order valence-electron chi connectivity index (χ3n) is 4.57. The quantitative estimate of drug-likeness (QED) is 0.560. The summed E-state index contributed by atoms with van der Waals surface area (Å²) >= 11 is 6.49. The first-order valence-corrected chi connectivity index (χ1v) is 9.20. The van der Waals surface area contributed by atoms with Crippen LogP contribution >= 0.6 is 11.6 Å². The monoisotopic (exact) mass is 373 g/mol. The Bertz CT molecular complexity index is 786. The third-order valence-corrected chi connectivity index (χ3v) is 4.98. The lowest BCUT2D eigenvalue weighted by molar-refractivity contribution is -0.128. The van der Waals surface area contributed by atoms with Crippen LogP contribution in [0.3, 0.4) is 0 Å². The highest BCUT2D eigenvalue weighted by Crippen LogP contribution is 2.38. The minimum absolute atomic E-state index is 0.365. The first-order valence-electron chi connectivity index (χ1n) is 8.82. The number of nitrogen functional groups attached to an aromatic ring is 1. The van der Waals surface area contributed by atoms with Crippen molar-refractivity contribution in [1.82, 2.24) is 5.32 Å². The lowest BCUT2D eigenvalue weighted by Gasteiger charge is -2.14. The predicted molar refractivity (Wildman–Crippen MR) is 106 cm³/mol. The Kier molecular flexibility index (Phi) is 5.69. The fourth-order valence-corrected chi connectivity index (χ4v) is 2.96. The molecule has 5 N–H and O–H groups in total. The van der Waals surface area contributed by atoms with Gasteiger partial charge in [0.15, 0.2) is 0 Å². The van der Waals surface area contributed by atoms with E-state index in [2.05, 4.69) is 10.6 Å². The SMILES string of the molecule is CC(O)C(=O)NCc1ccc(-c2ccc(NCC3CC3)c(N)c2Cl)cc1. The number of nitrogens with two attached hydrogens (primary N) is 1. The lowest BCUT2D eigenvalue weighted by Crippen LogP contribution is -2.31. The van der Waals surface area contributed by atoms with Gasteiger partial charge >= 0.3 is 0 Å². The number of rotatable bonds is 7. The Morgan fingerprint density at radius 3 is 2.58 bits per heavy atom. The summed E-state index contributed by atoms with van der Waals surface area (Å²) < 4.78 is 0. The molecule has 6 heteroatoms. The zero-order valence-electron chi connectivity index (χ0n) is 14.8. The van der Waals surface area contributed by atoms with Gasteiger partial charge in [-0.15, -0.1) is 0 Å². The molecular formula is C20H24ClN3O2. The second-order valence-electron chi connectivity index (χ2n) is 6.80. The Hall–Kier alpha value is -2.24. The van der Waals surface area contributed by atoms with Crippen molar-refractivity contribution in [1.29, 1.82) is 0 Å². The summed E-state index contributed by atoms with van der Waals surface area (Å²) in [5.41, 5.74) is 10.4. The van der Waals surface area contributed by atoms with Gasteiger partial charge in [-0.1, -0.05) is 41.9 Å². The van der Waals surface area contributed by atoms with Crippen LogP contribution in [0, 0.1) is 5.92 Å². The number of carbonyl (C=O) groups excluding carboxylic acids is 1. The topological polar surface area (TPSA) is 87.4 Å².